The molecule has 1 unspecified atom stereocenters. The normalized spacial score (nSPS) is 11.9. The molecule has 0 aliphatic rings. The van der Waals surface area contributed by atoms with Crippen LogP contribution in [0, 0.1) is 11.3 Å². The highest BCUT2D eigenvalue weighted by Crippen LogP contribution is 2.20. The van der Waals surface area contributed by atoms with Crippen LogP contribution in [-0.4, -0.2) is 17.8 Å². The Morgan fingerprint density at radius 1 is 1.64 bits per heavy atom. The van der Waals surface area contributed by atoms with Crippen molar-refractivity contribution >= 4 is 21.6 Å². The number of nitrogens with zero attached hydrogens (tertiary/aromatic N) is 1. The van der Waals surface area contributed by atoms with Crippen molar-refractivity contribution in [2.45, 2.75) is 13.0 Å². The third-order valence-electron chi connectivity index (χ3n) is 1.78. The maximum absolute atomic E-state index is 8.86. The van der Waals surface area contributed by atoms with Crippen LogP contribution in [0.5, 0.6) is 0 Å². The fourth-order valence-corrected chi connectivity index (χ4v) is 1.41. The van der Waals surface area contributed by atoms with Crippen LogP contribution in [0.1, 0.15) is 12.5 Å². The van der Waals surface area contributed by atoms with Gasteiger partial charge in [-0.25, -0.2) is 0 Å². The van der Waals surface area contributed by atoms with Gasteiger partial charge in [-0.2, -0.15) is 5.26 Å². The molecule has 4 heteroatoms. The number of hydrogen-bond donors (Lipinski definition) is 2. The summed E-state index contributed by atoms with van der Waals surface area (Å²) >= 11 is 3.29. The monoisotopic (exact) mass is 254 g/mol. The minimum Gasteiger partial charge on any atom is -0.394 e. The lowest BCUT2D eigenvalue weighted by Gasteiger charge is -2.13. The van der Waals surface area contributed by atoms with Crippen molar-refractivity contribution in [3.05, 3.63) is 28.2 Å². The molecule has 0 heterocycles. The molecule has 0 amide bonds. The molecule has 1 rings (SSSR count). The average Bonchev–Trinajstić information content (AvgIpc) is 2.20. The van der Waals surface area contributed by atoms with E-state index in [4.69, 9.17) is 10.4 Å². The van der Waals surface area contributed by atoms with Crippen LogP contribution in [0.2, 0.25) is 0 Å². The molecule has 1 aromatic carbocycles. The van der Waals surface area contributed by atoms with E-state index in [1.807, 2.05) is 19.1 Å². The second-order valence-corrected chi connectivity index (χ2v) is 3.95. The SMILES string of the molecule is CC(CO)Nc1ccc(Br)cc1C#N. The number of anilines is 1. The lowest BCUT2D eigenvalue weighted by molar-refractivity contribution is 0.281. The highest BCUT2D eigenvalue weighted by Gasteiger charge is 2.05. The van der Waals surface area contributed by atoms with E-state index in [1.165, 1.54) is 0 Å². The van der Waals surface area contributed by atoms with Gasteiger partial charge in [0.2, 0.25) is 0 Å². The van der Waals surface area contributed by atoms with Crippen LogP contribution in [-0.2, 0) is 0 Å². The van der Waals surface area contributed by atoms with E-state index in [0.717, 1.165) is 10.2 Å². The van der Waals surface area contributed by atoms with Crippen LogP contribution >= 0.6 is 15.9 Å². The Bertz CT molecular complexity index is 360. The van der Waals surface area contributed by atoms with E-state index in [-0.39, 0.29) is 12.6 Å². The van der Waals surface area contributed by atoms with Crippen molar-refractivity contribution < 1.29 is 5.11 Å². The third-order valence-corrected chi connectivity index (χ3v) is 2.27. The minimum atomic E-state index is -0.0525. The van der Waals surface area contributed by atoms with E-state index in [2.05, 4.69) is 27.3 Å². The number of nitriles is 1. The van der Waals surface area contributed by atoms with E-state index >= 15 is 0 Å². The third kappa shape index (κ3) is 2.72. The lowest BCUT2D eigenvalue weighted by atomic mass is 10.2. The zero-order chi connectivity index (χ0) is 10.6. The number of hydrogen-bond acceptors (Lipinski definition) is 3. The van der Waals surface area contributed by atoms with E-state index < -0.39 is 0 Å². The summed E-state index contributed by atoms with van der Waals surface area (Å²) in [6.45, 7) is 1.89. The van der Waals surface area contributed by atoms with Crippen LogP contribution in [0.25, 0.3) is 0 Å². The Morgan fingerprint density at radius 3 is 2.93 bits per heavy atom. The fraction of sp³-hybridized carbons (Fsp3) is 0.300. The Morgan fingerprint density at radius 2 is 2.36 bits per heavy atom. The zero-order valence-corrected chi connectivity index (χ0v) is 9.37. The number of benzene rings is 1. The smallest absolute Gasteiger partial charge is 0.101 e. The van der Waals surface area contributed by atoms with Crippen LogP contribution in [0.15, 0.2) is 22.7 Å². The number of aliphatic hydroxyl groups excluding tert-OH is 1. The largest absolute Gasteiger partial charge is 0.394 e. The molecule has 0 spiro atoms. The van der Waals surface area contributed by atoms with Crippen molar-refractivity contribution in [1.29, 1.82) is 5.26 Å². The summed E-state index contributed by atoms with van der Waals surface area (Å²) in [6.07, 6.45) is 0. The summed E-state index contributed by atoms with van der Waals surface area (Å²) in [5.41, 5.74) is 1.32. The van der Waals surface area contributed by atoms with Crippen molar-refractivity contribution in [2.75, 3.05) is 11.9 Å². The first-order valence-corrected chi connectivity index (χ1v) is 5.03. The molecule has 2 N–H and O–H groups in total. The van der Waals surface area contributed by atoms with Gasteiger partial charge >= 0.3 is 0 Å². The molecule has 3 nitrogen and oxygen atoms in total. The van der Waals surface area contributed by atoms with E-state index in [1.54, 1.807) is 6.07 Å². The topological polar surface area (TPSA) is 56.0 Å². The van der Waals surface area contributed by atoms with Gasteiger partial charge in [-0.1, -0.05) is 15.9 Å². The summed E-state index contributed by atoms with van der Waals surface area (Å²) in [4.78, 5) is 0. The van der Waals surface area contributed by atoms with E-state index in [9.17, 15) is 0 Å². The Balaban J connectivity index is 2.92. The van der Waals surface area contributed by atoms with Crippen molar-refractivity contribution in [3.63, 3.8) is 0 Å². The van der Waals surface area contributed by atoms with Crippen LogP contribution in [0.3, 0.4) is 0 Å². The Hall–Kier alpha value is -1.05. The molecule has 0 aliphatic carbocycles. The molecular formula is C10H11BrN2O. The average molecular weight is 255 g/mol. The summed E-state index contributed by atoms with van der Waals surface area (Å²) in [5.74, 6) is 0. The first-order chi connectivity index (χ1) is 6.67. The number of aliphatic hydroxyl groups is 1. The minimum absolute atomic E-state index is 0.0426. The zero-order valence-electron chi connectivity index (χ0n) is 7.79. The van der Waals surface area contributed by atoms with Gasteiger partial charge in [0.25, 0.3) is 0 Å². The fourth-order valence-electron chi connectivity index (χ4n) is 1.05. The molecule has 0 aliphatic heterocycles. The second kappa shape index (κ2) is 4.99. The van der Waals surface area contributed by atoms with Gasteiger partial charge in [0, 0.05) is 10.5 Å². The molecule has 0 saturated carbocycles. The summed E-state index contributed by atoms with van der Waals surface area (Å²) < 4.78 is 0.872. The molecule has 1 aromatic rings. The predicted molar refractivity (Wildman–Crippen MR) is 59.0 cm³/mol. The summed E-state index contributed by atoms with van der Waals surface area (Å²) in [7, 11) is 0. The highest BCUT2D eigenvalue weighted by molar-refractivity contribution is 9.10. The molecule has 0 bridgehead atoms. The maximum Gasteiger partial charge on any atom is 0.101 e. The first kappa shape index (κ1) is 11.0. The van der Waals surface area contributed by atoms with Gasteiger partial charge in [-0.05, 0) is 25.1 Å². The molecule has 74 valence electrons. The van der Waals surface area contributed by atoms with Crippen LogP contribution in [0.4, 0.5) is 5.69 Å². The quantitative estimate of drug-likeness (QED) is 0.869. The van der Waals surface area contributed by atoms with E-state index in [0.29, 0.717) is 5.56 Å². The van der Waals surface area contributed by atoms with Gasteiger partial charge < -0.3 is 10.4 Å². The predicted octanol–water partition coefficient (Wildman–Crippen LogP) is 2.11. The van der Waals surface area contributed by atoms with Crippen LogP contribution < -0.4 is 5.32 Å². The number of rotatable bonds is 3. The Labute approximate surface area is 91.5 Å². The van der Waals surface area contributed by atoms with Gasteiger partial charge in [0.1, 0.15) is 6.07 Å². The standard InChI is InChI=1S/C10H11BrN2O/c1-7(6-14)13-10-3-2-9(11)4-8(10)5-12/h2-4,7,13-14H,6H2,1H3. The van der Waals surface area contributed by atoms with Crippen molar-refractivity contribution in [3.8, 4) is 6.07 Å². The summed E-state index contributed by atoms with van der Waals surface area (Å²) in [6, 6.07) is 7.45. The molecule has 0 radical (unpaired) electrons. The van der Waals surface area contributed by atoms with Crippen molar-refractivity contribution in [1.82, 2.24) is 0 Å². The Kier molecular flexibility index (Phi) is 3.93. The highest BCUT2D eigenvalue weighted by atomic mass is 79.9. The van der Waals surface area contributed by atoms with Gasteiger partial charge in [-0.15, -0.1) is 0 Å². The lowest BCUT2D eigenvalue weighted by Crippen LogP contribution is -2.19. The number of halogens is 1. The summed E-state index contributed by atoms with van der Waals surface area (Å²) in [5, 5.41) is 20.8. The maximum atomic E-state index is 8.86. The number of nitrogens with one attached hydrogen (secondary N) is 1. The molecular weight excluding hydrogens is 244 g/mol. The van der Waals surface area contributed by atoms with Crippen molar-refractivity contribution in [2.24, 2.45) is 0 Å². The molecule has 0 aromatic heterocycles. The molecule has 14 heavy (non-hydrogen) atoms. The van der Waals surface area contributed by atoms with Gasteiger partial charge in [0.05, 0.1) is 17.9 Å². The van der Waals surface area contributed by atoms with Gasteiger partial charge in [-0.3, -0.25) is 0 Å². The molecule has 0 saturated heterocycles. The molecule has 0 fully saturated rings. The molecule has 1 atom stereocenters. The second-order valence-electron chi connectivity index (χ2n) is 3.03. The first-order valence-electron chi connectivity index (χ1n) is 4.24. The van der Waals surface area contributed by atoms with Gasteiger partial charge in [0.15, 0.2) is 0 Å².